The summed E-state index contributed by atoms with van der Waals surface area (Å²) in [6, 6.07) is 0. The molecule has 0 bridgehead atoms. The molecule has 0 aliphatic carbocycles. The van der Waals surface area contributed by atoms with Gasteiger partial charge in [-0.25, -0.2) is 0 Å². The lowest BCUT2D eigenvalue weighted by Gasteiger charge is -2.25. The van der Waals surface area contributed by atoms with Gasteiger partial charge in [0, 0.05) is 23.3 Å². The van der Waals surface area contributed by atoms with Gasteiger partial charge in [-0.05, 0) is 24.5 Å². The van der Waals surface area contributed by atoms with Crippen LogP contribution in [0.3, 0.4) is 0 Å². The molecule has 13 heavy (non-hydrogen) atoms. The molecule has 3 heteroatoms. The van der Waals surface area contributed by atoms with Crippen LogP contribution in [0.5, 0.6) is 0 Å². The Hall–Kier alpha value is -0.443. The molecule has 0 unspecified atom stereocenters. The van der Waals surface area contributed by atoms with Gasteiger partial charge in [-0.3, -0.25) is 0 Å². The molecule has 0 saturated heterocycles. The maximum atomic E-state index is 3.39. The first kappa shape index (κ1) is 12.6. The monoisotopic (exact) mass is 200 g/mol. The fraction of sp³-hybridized carbons (Fsp3) is 0.800. The molecular weight excluding hydrogens is 176 g/mol. The van der Waals surface area contributed by atoms with Crippen molar-refractivity contribution in [3.63, 3.8) is 0 Å². The van der Waals surface area contributed by atoms with E-state index in [1.54, 1.807) is 0 Å². The Morgan fingerprint density at radius 3 is 1.69 bits per heavy atom. The first-order valence-corrected chi connectivity index (χ1v) is 6.12. The number of hydrogen-bond acceptors (Lipinski definition) is 2. The Morgan fingerprint density at radius 1 is 1.08 bits per heavy atom. The van der Waals surface area contributed by atoms with Gasteiger partial charge in [0.2, 0.25) is 0 Å². The molecule has 2 N–H and O–H groups in total. The molecule has 0 aromatic heterocycles. The number of rotatable bonds is 4. The van der Waals surface area contributed by atoms with E-state index in [-0.39, 0.29) is 0 Å². The SMILES string of the molecule is CCNC(NCC)=C([SiH3])C(C)(C)C. The molecule has 0 aromatic rings. The van der Waals surface area contributed by atoms with E-state index < -0.39 is 0 Å². The van der Waals surface area contributed by atoms with Crippen LogP contribution in [-0.2, 0) is 0 Å². The molecule has 0 aromatic carbocycles. The van der Waals surface area contributed by atoms with Crippen LogP contribution in [0.25, 0.3) is 0 Å². The first-order chi connectivity index (χ1) is 5.93. The Morgan fingerprint density at radius 2 is 1.46 bits per heavy atom. The summed E-state index contributed by atoms with van der Waals surface area (Å²) in [5.41, 5.74) is 0.298. The van der Waals surface area contributed by atoms with Crippen LogP contribution in [0.15, 0.2) is 11.0 Å². The van der Waals surface area contributed by atoms with Crippen molar-refractivity contribution in [2.24, 2.45) is 5.41 Å². The van der Waals surface area contributed by atoms with E-state index >= 15 is 0 Å². The molecule has 0 heterocycles. The van der Waals surface area contributed by atoms with E-state index in [4.69, 9.17) is 0 Å². The van der Waals surface area contributed by atoms with Gasteiger partial charge in [0.15, 0.2) is 0 Å². The van der Waals surface area contributed by atoms with Crippen molar-refractivity contribution in [3.8, 4) is 0 Å². The zero-order valence-corrected chi connectivity index (χ0v) is 11.9. The van der Waals surface area contributed by atoms with E-state index in [9.17, 15) is 0 Å². The highest BCUT2D eigenvalue weighted by atomic mass is 28.1. The Labute approximate surface area is 85.6 Å². The van der Waals surface area contributed by atoms with Crippen molar-refractivity contribution < 1.29 is 0 Å². The topological polar surface area (TPSA) is 24.1 Å². The lowest BCUT2D eigenvalue weighted by atomic mass is 9.95. The number of allylic oxidation sites excluding steroid dienone is 1. The molecule has 0 rings (SSSR count). The van der Waals surface area contributed by atoms with Crippen molar-refractivity contribution in [2.45, 2.75) is 34.6 Å². The molecule has 0 atom stereocenters. The molecule has 0 spiro atoms. The molecule has 0 aliphatic rings. The van der Waals surface area contributed by atoms with Gasteiger partial charge in [-0.1, -0.05) is 20.8 Å². The van der Waals surface area contributed by atoms with Crippen molar-refractivity contribution in [1.29, 1.82) is 0 Å². The van der Waals surface area contributed by atoms with Gasteiger partial charge < -0.3 is 10.6 Å². The van der Waals surface area contributed by atoms with Crippen molar-refractivity contribution in [1.82, 2.24) is 10.6 Å². The van der Waals surface area contributed by atoms with Crippen LogP contribution in [0.4, 0.5) is 0 Å². The fourth-order valence-electron chi connectivity index (χ4n) is 1.06. The number of hydrogen-bond donors (Lipinski definition) is 2. The minimum Gasteiger partial charge on any atom is -0.373 e. The third-order valence-corrected chi connectivity index (χ3v) is 4.21. The average molecular weight is 200 g/mol. The summed E-state index contributed by atoms with van der Waals surface area (Å²) in [7, 11) is 1.11. The predicted molar refractivity (Wildman–Crippen MR) is 63.8 cm³/mol. The van der Waals surface area contributed by atoms with Gasteiger partial charge >= 0.3 is 0 Å². The van der Waals surface area contributed by atoms with E-state index in [1.807, 2.05) is 0 Å². The lowest BCUT2D eigenvalue weighted by Crippen LogP contribution is -2.31. The summed E-state index contributed by atoms with van der Waals surface area (Å²) < 4.78 is 0. The quantitative estimate of drug-likeness (QED) is 0.656. The first-order valence-electron chi connectivity index (χ1n) is 5.12. The minimum atomic E-state index is 0.298. The third kappa shape index (κ3) is 4.36. The summed E-state index contributed by atoms with van der Waals surface area (Å²) >= 11 is 0. The van der Waals surface area contributed by atoms with Gasteiger partial charge in [0.1, 0.15) is 0 Å². The average Bonchev–Trinajstić information content (AvgIpc) is 2.01. The zero-order chi connectivity index (χ0) is 10.5. The Kier molecular flexibility index (Phi) is 5.14. The Bertz CT molecular complexity index is 172. The van der Waals surface area contributed by atoms with Gasteiger partial charge in [-0.2, -0.15) is 0 Å². The van der Waals surface area contributed by atoms with Gasteiger partial charge in [0.05, 0.1) is 5.82 Å². The largest absolute Gasteiger partial charge is 0.373 e. The normalized spacial score (nSPS) is 11.2. The lowest BCUT2D eigenvalue weighted by molar-refractivity contribution is 0.511. The highest BCUT2D eigenvalue weighted by Gasteiger charge is 2.16. The second-order valence-electron chi connectivity index (χ2n) is 4.31. The maximum absolute atomic E-state index is 3.39. The smallest absolute Gasteiger partial charge is 0.0933 e. The van der Waals surface area contributed by atoms with Crippen LogP contribution in [0.1, 0.15) is 34.6 Å². The van der Waals surface area contributed by atoms with Crippen molar-refractivity contribution >= 4 is 10.2 Å². The third-order valence-electron chi connectivity index (χ3n) is 2.21. The molecular formula is C10H24N2Si. The predicted octanol–water partition coefficient (Wildman–Crippen LogP) is 0.786. The second-order valence-corrected chi connectivity index (χ2v) is 5.31. The zero-order valence-electron chi connectivity index (χ0n) is 9.91. The summed E-state index contributed by atoms with van der Waals surface area (Å²) in [5, 5.41) is 8.31. The molecule has 2 nitrogen and oxygen atoms in total. The molecule has 78 valence electrons. The molecule has 0 aliphatic heterocycles. The molecule has 0 saturated carbocycles. The molecule has 0 amide bonds. The van der Waals surface area contributed by atoms with Crippen LogP contribution in [0, 0.1) is 5.41 Å². The van der Waals surface area contributed by atoms with Crippen LogP contribution in [-0.4, -0.2) is 23.3 Å². The van der Waals surface area contributed by atoms with Crippen LogP contribution < -0.4 is 10.6 Å². The summed E-state index contributed by atoms with van der Waals surface area (Å²) in [4.78, 5) is 0. The standard InChI is InChI=1S/C10H24N2Si/c1-6-11-9(12-7-2)8(13)10(3,4)5/h11-12H,6-7H2,1-5,13H3. The maximum Gasteiger partial charge on any atom is 0.0933 e. The number of nitrogens with one attached hydrogen (secondary N) is 2. The Balaban J connectivity index is 4.63. The van der Waals surface area contributed by atoms with Crippen molar-refractivity contribution in [3.05, 3.63) is 11.0 Å². The summed E-state index contributed by atoms with van der Waals surface area (Å²) in [5.74, 6) is 1.25. The second kappa shape index (κ2) is 5.32. The minimum absolute atomic E-state index is 0.298. The van der Waals surface area contributed by atoms with E-state index in [0.717, 1.165) is 23.3 Å². The summed E-state index contributed by atoms with van der Waals surface area (Å²) in [6.07, 6.45) is 0. The van der Waals surface area contributed by atoms with Crippen LogP contribution >= 0.6 is 0 Å². The van der Waals surface area contributed by atoms with E-state index in [0.29, 0.717) is 5.41 Å². The van der Waals surface area contributed by atoms with Crippen molar-refractivity contribution in [2.75, 3.05) is 13.1 Å². The molecule has 0 fully saturated rings. The van der Waals surface area contributed by atoms with Gasteiger partial charge in [-0.15, -0.1) is 0 Å². The van der Waals surface area contributed by atoms with E-state index in [1.165, 1.54) is 11.0 Å². The molecule has 0 radical (unpaired) electrons. The fourth-order valence-corrected chi connectivity index (χ4v) is 1.41. The van der Waals surface area contributed by atoms with E-state index in [2.05, 4.69) is 45.3 Å². The summed E-state index contributed by atoms with van der Waals surface area (Å²) in [6.45, 7) is 13.1. The van der Waals surface area contributed by atoms with Gasteiger partial charge in [0.25, 0.3) is 0 Å². The highest BCUT2D eigenvalue weighted by Crippen LogP contribution is 2.23. The van der Waals surface area contributed by atoms with Crippen LogP contribution in [0.2, 0.25) is 0 Å². The highest BCUT2D eigenvalue weighted by molar-refractivity contribution is 6.22.